The fraction of sp³-hybridized carbons (Fsp3) is 0.154. The maximum absolute atomic E-state index is 13.5. The van der Waals surface area contributed by atoms with Gasteiger partial charge in [-0.05, 0) is 79.9 Å². The van der Waals surface area contributed by atoms with Crippen LogP contribution < -0.4 is 5.32 Å². The van der Waals surface area contributed by atoms with Crippen LogP contribution in [0.5, 0.6) is 0 Å². The number of aryl methyl sites for hydroxylation is 3. The zero-order chi connectivity index (χ0) is 23.0. The molecule has 0 aliphatic heterocycles. The van der Waals surface area contributed by atoms with Gasteiger partial charge < -0.3 is 5.32 Å². The number of fused-ring (bicyclic) bond motifs is 1. The van der Waals surface area contributed by atoms with E-state index < -0.39 is 0 Å². The molecule has 162 valence electrons. The number of halogens is 3. The molecule has 0 bridgehead atoms. The molecule has 0 spiro atoms. The summed E-state index contributed by atoms with van der Waals surface area (Å²) in [4.78, 5) is 18.4. The number of amides is 1. The van der Waals surface area contributed by atoms with Crippen LogP contribution in [0.2, 0.25) is 10.0 Å². The number of nitrogens with one attached hydrogen (secondary N) is 1. The third-order valence-electron chi connectivity index (χ3n) is 5.40. The molecule has 4 aromatic rings. The summed E-state index contributed by atoms with van der Waals surface area (Å²) in [5, 5.41) is 4.94. The van der Waals surface area contributed by atoms with Gasteiger partial charge in [-0.3, -0.25) is 4.79 Å². The summed E-state index contributed by atoms with van der Waals surface area (Å²) in [7, 11) is 0. The van der Waals surface area contributed by atoms with E-state index in [1.54, 1.807) is 18.2 Å². The smallest absolute Gasteiger partial charge is 0.256 e. The first-order valence-corrected chi connectivity index (χ1v) is 11.8. The highest BCUT2D eigenvalue weighted by atomic mass is 79.9. The van der Waals surface area contributed by atoms with Crippen molar-refractivity contribution in [2.75, 3.05) is 5.32 Å². The lowest BCUT2D eigenvalue weighted by Crippen LogP contribution is -2.14. The minimum Gasteiger partial charge on any atom is -0.322 e. The van der Waals surface area contributed by atoms with Gasteiger partial charge in [-0.1, -0.05) is 57.7 Å². The molecule has 0 atom stereocenters. The van der Waals surface area contributed by atoms with Crippen molar-refractivity contribution < 1.29 is 4.79 Å². The second-order valence-corrected chi connectivity index (χ2v) is 9.53. The molecule has 0 fully saturated rings. The van der Waals surface area contributed by atoms with Crippen molar-refractivity contribution in [1.29, 1.82) is 0 Å². The van der Waals surface area contributed by atoms with E-state index in [9.17, 15) is 4.79 Å². The summed E-state index contributed by atoms with van der Waals surface area (Å²) >= 11 is 16.0. The Balaban J connectivity index is 1.90. The number of carbonyl (C=O) groups is 1. The van der Waals surface area contributed by atoms with Crippen LogP contribution >= 0.6 is 39.1 Å². The van der Waals surface area contributed by atoms with Gasteiger partial charge >= 0.3 is 0 Å². The normalized spacial score (nSPS) is 11.1. The third-order valence-corrected chi connectivity index (χ3v) is 6.44. The van der Waals surface area contributed by atoms with Crippen LogP contribution in [0.1, 0.15) is 34.0 Å². The number of carbonyl (C=O) groups excluding carboxylic acids is 1. The second kappa shape index (κ2) is 9.22. The summed E-state index contributed by atoms with van der Waals surface area (Å²) in [6, 6.07) is 17.0. The molecule has 1 amide bonds. The number of nitrogens with zero attached hydrogens (tertiary/aromatic N) is 1. The topological polar surface area (TPSA) is 42.0 Å². The quantitative estimate of drug-likeness (QED) is 0.289. The lowest BCUT2D eigenvalue weighted by Gasteiger charge is -2.15. The maximum atomic E-state index is 13.5. The fourth-order valence-electron chi connectivity index (χ4n) is 3.87. The molecule has 0 saturated carbocycles. The summed E-state index contributed by atoms with van der Waals surface area (Å²) in [6.45, 7) is 6.08. The molecular formula is C26H21BrCl2N2O. The van der Waals surface area contributed by atoms with E-state index >= 15 is 0 Å². The minimum absolute atomic E-state index is 0.189. The van der Waals surface area contributed by atoms with Crippen LogP contribution in [0.3, 0.4) is 0 Å². The van der Waals surface area contributed by atoms with Crippen LogP contribution in [-0.4, -0.2) is 10.9 Å². The van der Waals surface area contributed by atoms with Crippen molar-refractivity contribution in [2.24, 2.45) is 0 Å². The molecule has 1 N–H and O–H groups in total. The molecule has 1 aromatic heterocycles. The molecule has 0 saturated heterocycles. The largest absolute Gasteiger partial charge is 0.322 e. The Labute approximate surface area is 205 Å². The Morgan fingerprint density at radius 2 is 1.81 bits per heavy atom. The maximum Gasteiger partial charge on any atom is 0.256 e. The molecule has 0 aliphatic rings. The molecule has 3 aromatic carbocycles. The van der Waals surface area contributed by atoms with E-state index in [4.69, 9.17) is 28.2 Å². The number of pyridine rings is 1. The minimum atomic E-state index is -0.189. The van der Waals surface area contributed by atoms with Crippen molar-refractivity contribution in [2.45, 2.75) is 27.2 Å². The molecule has 0 unspecified atom stereocenters. The number of anilines is 1. The van der Waals surface area contributed by atoms with Gasteiger partial charge in [0.2, 0.25) is 0 Å². The van der Waals surface area contributed by atoms with E-state index in [1.807, 2.05) is 44.2 Å². The summed E-state index contributed by atoms with van der Waals surface area (Å²) in [5.74, 6) is -0.189. The van der Waals surface area contributed by atoms with Gasteiger partial charge in [0.25, 0.3) is 5.91 Å². The second-order valence-electron chi connectivity index (χ2n) is 7.77. The monoisotopic (exact) mass is 526 g/mol. The van der Waals surface area contributed by atoms with Crippen LogP contribution in [0.15, 0.2) is 59.1 Å². The Morgan fingerprint density at radius 3 is 2.53 bits per heavy atom. The predicted molar refractivity (Wildman–Crippen MR) is 138 cm³/mol. The number of hydrogen-bond acceptors (Lipinski definition) is 2. The lowest BCUT2D eigenvalue weighted by molar-refractivity contribution is 0.102. The number of aromatic nitrogens is 1. The van der Waals surface area contributed by atoms with E-state index in [0.29, 0.717) is 21.3 Å². The number of rotatable bonds is 4. The Kier molecular flexibility index (Phi) is 6.57. The molecule has 0 radical (unpaired) electrons. The fourth-order valence-corrected chi connectivity index (χ4v) is 4.78. The van der Waals surface area contributed by atoms with E-state index in [1.165, 1.54) is 0 Å². The van der Waals surface area contributed by atoms with Crippen molar-refractivity contribution in [3.05, 3.63) is 91.4 Å². The summed E-state index contributed by atoms with van der Waals surface area (Å²) < 4.78 is 0.979. The predicted octanol–water partition coefficient (Wildman–Crippen LogP) is 8.40. The van der Waals surface area contributed by atoms with Crippen molar-refractivity contribution in [3.63, 3.8) is 0 Å². The molecule has 3 nitrogen and oxygen atoms in total. The standard InChI is InChI=1S/C26H21BrCl2N2O/c1-4-16-11-17(27)5-8-23(16)31-26(32)21-13-24(19-7-6-18(28)12-22(19)29)30-25-15(3)9-14(2)10-20(21)25/h5-13H,4H2,1-3H3,(H,31,32). The van der Waals surface area contributed by atoms with Crippen molar-refractivity contribution in [3.8, 4) is 11.3 Å². The van der Waals surface area contributed by atoms with Gasteiger partial charge in [0.1, 0.15) is 0 Å². The number of hydrogen-bond donors (Lipinski definition) is 1. The van der Waals surface area contributed by atoms with Crippen LogP contribution in [-0.2, 0) is 6.42 Å². The average Bonchev–Trinajstić information content (AvgIpc) is 2.74. The molecule has 1 heterocycles. The Hall–Kier alpha value is -2.40. The van der Waals surface area contributed by atoms with Crippen molar-refractivity contribution >= 4 is 61.6 Å². The van der Waals surface area contributed by atoms with E-state index in [0.717, 1.165) is 49.7 Å². The zero-order valence-corrected chi connectivity index (χ0v) is 21.0. The van der Waals surface area contributed by atoms with Gasteiger partial charge in [-0.15, -0.1) is 0 Å². The van der Waals surface area contributed by atoms with Crippen LogP contribution in [0.25, 0.3) is 22.2 Å². The first-order valence-electron chi connectivity index (χ1n) is 10.2. The molecular weight excluding hydrogens is 507 g/mol. The average molecular weight is 528 g/mol. The number of benzene rings is 3. The van der Waals surface area contributed by atoms with Crippen LogP contribution in [0, 0.1) is 13.8 Å². The highest BCUT2D eigenvalue weighted by molar-refractivity contribution is 9.10. The molecule has 6 heteroatoms. The summed E-state index contributed by atoms with van der Waals surface area (Å²) in [5.41, 5.74) is 6.59. The van der Waals surface area contributed by atoms with Crippen molar-refractivity contribution in [1.82, 2.24) is 4.98 Å². The first kappa shape index (κ1) is 22.8. The highest BCUT2D eigenvalue weighted by Gasteiger charge is 2.18. The van der Waals surface area contributed by atoms with E-state index in [-0.39, 0.29) is 5.91 Å². The van der Waals surface area contributed by atoms with Gasteiger partial charge in [-0.2, -0.15) is 0 Å². The van der Waals surface area contributed by atoms with E-state index in [2.05, 4.69) is 34.2 Å². The molecule has 32 heavy (non-hydrogen) atoms. The van der Waals surface area contributed by atoms with Gasteiger partial charge in [0, 0.05) is 26.1 Å². The van der Waals surface area contributed by atoms with Gasteiger partial charge in [-0.25, -0.2) is 4.98 Å². The molecule has 0 aliphatic carbocycles. The summed E-state index contributed by atoms with van der Waals surface area (Å²) in [6.07, 6.45) is 0.802. The highest BCUT2D eigenvalue weighted by Crippen LogP contribution is 2.33. The van der Waals surface area contributed by atoms with Gasteiger partial charge in [0.15, 0.2) is 0 Å². The Bertz CT molecular complexity index is 1370. The van der Waals surface area contributed by atoms with Crippen LogP contribution in [0.4, 0.5) is 5.69 Å². The van der Waals surface area contributed by atoms with Gasteiger partial charge in [0.05, 0.1) is 21.8 Å². The third kappa shape index (κ3) is 4.54. The molecule has 4 rings (SSSR count). The zero-order valence-electron chi connectivity index (χ0n) is 17.9. The SMILES string of the molecule is CCc1cc(Br)ccc1NC(=O)c1cc(-c2ccc(Cl)cc2Cl)nc2c(C)cc(C)cc12. The Morgan fingerprint density at radius 1 is 1.03 bits per heavy atom. The lowest BCUT2D eigenvalue weighted by atomic mass is 9.99. The first-order chi connectivity index (χ1) is 15.3.